The van der Waals surface area contributed by atoms with Gasteiger partial charge in [0.1, 0.15) is 12.9 Å². The van der Waals surface area contributed by atoms with Gasteiger partial charge in [0.2, 0.25) is 0 Å². The van der Waals surface area contributed by atoms with Gasteiger partial charge in [-0.15, -0.1) is 0 Å². The fourth-order valence-electron chi connectivity index (χ4n) is 1.91. The van der Waals surface area contributed by atoms with Crippen molar-refractivity contribution in [2.75, 3.05) is 0 Å². The van der Waals surface area contributed by atoms with Crippen LogP contribution in [0.5, 0.6) is 5.75 Å². The molecule has 2 N–H and O–H groups in total. The number of nitro groups is 1. The summed E-state index contributed by atoms with van der Waals surface area (Å²) in [6, 6.07) is 4.81. The lowest BCUT2D eigenvalue weighted by Gasteiger charge is -2.11. The Kier molecular flexibility index (Phi) is 4.49. The molecule has 0 aliphatic rings. The molecule has 1 heterocycles. The second-order valence-corrected chi connectivity index (χ2v) is 4.77. The third kappa shape index (κ3) is 3.34. The first-order valence-electron chi connectivity index (χ1n) is 6.51. The largest absolute Gasteiger partial charge is 0.479 e. The summed E-state index contributed by atoms with van der Waals surface area (Å²) < 4.78 is 7.24. The molecule has 0 aliphatic heterocycles. The Morgan fingerprint density at radius 2 is 2.24 bits per heavy atom. The minimum absolute atomic E-state index is 0.103. The average molecular weight is 291 g/mol. The molecule has 21 heavy (non-hydrogen) atoms. The first-order valence-corrected chi connectivity index (χ1v) is 6.51. The van der Waals surface area contributed by atoms with Crippen molar-refractivity contribution in [2.45, 2.75) is 33.0 Å². The molecule has 112 valence electrons. The zero-order valence-electron chi connectivity index (χ0n) is 11.9. The van der Waals surface area contributed by atoms with E-state index in [0.29, 0.717) is 11.4 Å². The van der Waals surface area contributed by atoms with Crippen molar-refractivity contribution in [3.8, 4) is 5.75 Å². The molecular formula is C13H17N5O3. The smallest absolute Gasteiger partial charge is 0.311 e. The Hall–Kier alpha value is -2.48. The third-order valence-corrected chi connectivity index (χ3v) is 2.95. The van der Waals surface area contributed by atoms with Crippen molar-refractivity contribution in [1.82, 2.24) is 14.8 Å². The molecule has 0 aliphatic carbocycles. The molecule has 0 unspecified atom stereocenters. The lowest BCUT2D eigenvalue weighted by Crippen LogP contribution is -2.11. The molecule has 2 aromatic rings. The molecule has 0 radical (unpaired) electrons. The highest BCUT2D eigenvalue weighted by Gasteiger charge is 2.17. The van der Waals surface area contributed by atoms with Crippen molar-refractivity contribution in [3.05, 3.63) is 46.0 Å². The summed E-state index contributed by atoms with van der Waals surface area (Å²) in [4.78, 5) is 14.7. The topological polar surface area (TPSA) is 109 Å². The minimum Gasteiger partial charge on any atom is -0.479 e. The Labute approximate surface area is 121 Å². The lowest BCUT2D eigenvalue weighted by molar-refractivity contribution is -0.386. The first kappa shape index (κ1) is 14.9. The van der Waals surface area contributed by atoms with E-state index < -0.39 is 4.92 Å². The van der Waals surface area contributed by atoms with Gasteiger partial charge < -0.3 is 10.5 Å². The van der Waals surface area contributed by atoms with E-state index in [9.17, 15) is 10.1 Å². The number of aromatic nitrogens is 3. The van der Waals surface area contributed by atoms with Crippen molar-refractivity contribution in [1.29, 1.82) is 0 Å². The van der Waals surface area contributed by atoms with Crippen LogP contribution >= 0.6 is 0 Å². The molecule has 8 heteroatoms. The molecule has 0 saturated carbocycles. The van der Waals surface area contributed by atoms with Gasteiger partial charge in [0.25, 0.3) is 0 Å². The van der Waals surface area contributed by atoms with Gasteiger partial charge in [-0.3, -0.25) is 10.1 Å². The van der Waals surface area contributed by atoms with Crippen LogP contribution < -0.4 is 10.5 Å². The van der Waals surface area contributed by atoms with E-state index in [1.807, 2.05) is 13.8 Å². The van der Waals surface area contributed by atoms with Crippen molar-refractivity contribution < 1.29 is 9.66 Å². The summed E-state index contributed by atoms with van der Waals surface area (Å²) in [7, 11) is 0. The van der Waals surface area contributed by atoms with E-state index in [2.05, 4.69) is 10.1 Å². The van der Waals surface area contributed by atoms with Crippen LogP contribution in [0.15, 0.2) is 24.5 Å². The Morgan fingerprint density at radius 1 is 1.48 bits per heavy atom. The molecule has 0 amide bonds. The molecule has 2 rings (SSSR count). The van der Waals surface area contributed by atoms with Crippen LogP contribution in [0.1, 0.15) is 31.3 Å². The van der Waals surface area contributed by atoms with Gasteiger partial charge in [-0.1, -0.05) is 6.07 Å². The van der Waals surface area contributed by atoms with E-state index in [1.165, 1.54) is 12.4 Å². The molecule has 0 bridgehead atoms. The summed E-state index contributed by atoms with van der Waals surface area (Å²) in [5.74, 6) is 0.803. The lowest BCUT2D eigenvalue weighted by atomic mass is 10.2. The van der Waals surface area contributed by atoms with Crippen LogP contribution in [-0.2, 0) is 13.2 Å². The number of rotatable bonds is 6. The number of ether oxygens (including phenoxy) is 1. The summed E-state index contributed by atoms with van der Waals surface area (Å²) in [5, 5.41) is 15.2. The number of hydrogen-bond acceptors (Lipinski definition) is 6. The standard InChI is InChI=1S/C13H17N5O3/c1-9(2)17-13(15-8-16-17)7-21-12-4-3-10(6-14)5-11(12)18(19)20/h3-5,8-9H,6-7,14H2,1-2H3. The van der Waals surface area contributed by atoms with Crippen molar-refractivity contribution >= 4 is 5.69 Å². The zero-order chi connectivity index (χ0) is 15.4. The molecule has 0 atom stereocenters. The average Bonchev–Trinajstić information content (AvgIpc) is 2.93. The Bertz CT molecular complexity index is 638. The van der Waals surface area contributed by atoms with Crippen LogP contribution in [0.4, 0.5) is 5.69 Å². The Morgan fingerprint density at radius 3 is 2.86 bits per heavy atom. The zero-order valence-corrected chi connectivity index (χ0v) is 11.9. The van der Waals surface area contributed by atoms with E-state index in [0.717, 1.165) is 0 Å². The Balaban J connectivity index is 2.20. The summed E-state index contributed by atoms with van der Waals surface area (Å²) in [6.45, 7) is 4.29. The van der Waals surface area contributed by atoms with E-state index in [-0.39, 0.29) is 30.6 Å². The van der Waals surface area contributed by atoms with Crippen molar-refractivity contribution in [2.24, 2.45) is 5.73 Å². The van der Waals surface area contributed by atoms with Crippen LogP contribution in [-0.4, -0.2) is 19.7 Å². The number of nitrogens with zero attached hydrogens (tertiary/aromatic N) is 4. The fourth-order valence-corrected chi connectivity index (χ4v) is 1.91. The van der Waals surface area contributed by atoms with Gasteiger partial charge in [-0.25, -0.2) is 9.67 Å². The van der Waals surface area contributed by atoms with Gasteiger partial charge in [-0.05, 0) is 25.5 Å². The first-order chi connectivity index (χ1) is 10.0. The molecule has 0 saturated heterocycles. The molecule has 8 nitrogen and oxygen atoms in total. The van der Waals surface area contributed by atoms with Gasteiger partial charge >= 0.3 is 5.69 Å². The second kappa shape index (κ2) is 6.31. The maximum Gasteiger partial charge on any atom is 0.311 e. The van der Waals surface area contributed by atoms with Gasteiger partial charge in [0, 0.05) is 18.7 Å². The van der Waals surface area contributed by atoms with Crippen LogP contribution in [0.2, 0.25) is 0 Å². The number of benzene rings is 1. The van der Waals surface area contributed by atoms with Gasteiger partial charge in [0.05, 0.1) is 4.92 Å². The predicted octanol–water partition coefficient (Wildman–Crippen LogP) is 1.80. The highest BCUT2D eigenvalue weighted by Crippen LogP contribution is 2.28. The maximum absolute atomic E-state index is 11.1. The highest BCUT2D eigenvalue weighted by molar-refractivity contribution is 5.48. The number of hydrogen-bond donors (Lipinski definition) is 1. The predicted molar refractivity (Wildman–Crippen MR) is 75.7 cm³/mol. The molecule has 0 fully saturated rings. The number of nitrogens with two attached hydrogens (primary N) is 1. The highest BCUT2D eigenvalue weighted by atomic mass is 16.6. The second-order valence-electron chi connectivity index (χ2n) is 4.77. The number of nitro benzene ring substituents is 1. The summed E-state index contributed by atoms with van der Waals surface area (Å²) >= 11 is 0. The normalized spacial score (nSPS) is 10.9. The van der Waals surface area contributed by atoms with Gasteiger partial charge in [0.15, 0.2) is 11.6 Å². The molecule has 0 spiro atoms. The van der Waals surface area contributed by atoms with Crippen LogP contribution in [0, 0.1) is 10.1 Å². The minimum atomic E-state index is -0.484. The fraction of sp³-hybridized carbons (Fsp3) is 0.385. The molecule has 1 aromatic carbocycles. The van der Waals surface area contributed by atoms with Crippen LogP contribution in [0.25, 0.3) is 0 Å². The van der Waals surface area contributed by atoms with E-state index in [1.54, 1.807) is 16.8 Å². The van der Waals surface area contributed by atoms with Crippen molar-refractivity contribution in [3.63, 3.8) is 0 Å². The summed E-state index contributed by atoms with van der Waals surface area (Å²) in [6.07, 6.45) is 1.44. The van der Waals surface area contributed by atoms with Crippen LogP contribution in [0.3, 0.4) is 0 Å². The molecular weight excluding hydrogens is 274 g/mol. The van der Waals surface area contributed by atoms with E-state index in [4.69, 9.17) is 10.5 Å². The summed E-state index contributed by atoms with van der Waals surface area (Å²) in [5.41, 5.74) is 6.07. The van der Waals surface area contributed by atoms with Gasteiger partial charge in [-0.2, -0.15) is 5.10 Å². The molecule has 1 aromatic heterocycles. The monoisotopic (exact) mass is 291 g/mol. The van der Waals surface area contributed by atoms with E-state index >= 15 is 0 Å². The SMILES string of the molecule is CC(C)n1ncnc1COc1ccc(CN)cc1[N+](=O)[O-]. The maximum atomic E-state index is 11.1. The quantitative estimate of drug-likeness (QED) is 0.642. The third-order valence-electron chi connectivity index (χ3n) is 2.95.